The maximum Gasteiger partial charge on any atom is 0.317 e. The van der Waals surface area contributed by atoms with E-state index in [0.717, 1.165) is 0 Å². The molecule has 0 amide bonds. The summed E-state index contributed by atoms with van der Waals surface area (Å²) in [5.74, 6) is -0.777. The molecule has 1 aliphatic heterocycles. The number of carboxylic acids is 1. The minimum atomic E-state index is -2.99. The number of sulfone groups is 1. The monoisotopic (exact) mass is 311 g/mol. The summed E-state index contributed by atoms with van der Waals surface area (Å²) in [4.78, 5) is 12.3. The van der Waals surface area contributed by atoms with Crippen LogP contribution in [0.2, 0.25) is 0 Å². The highest BCUT2D eigenvalue weighted by Crippen LogP contribution is 2.19. The van der Waals surface area contributed by atoms with Gasteiger partial charge in [0.1, 0.15) is 0 Å². The predicted octanol–water partition coefficient (Wildman–Crippen LogP) is 0.469. The van der Waals surface area contributed by atoms with Crippen LogP contribution in [0.25, 0.3) is 0 Å². The first-order valence-electron chi connectivity index (χ1n) is 4.80. The van der Waals surface area contributed by atoms with Crippen molar-refractivity contribution in [2.75, 3.05) is 24.6 Å². The van der Waals surface area contributed by atoms with Crippen LogP contribution < -0.4 is 0 Å². The lowest BCUT2D eigenvalue weighted by molar-refractivity contribution is -0.138. The molecule has 1 heterocycles. The molecule has 0 aliphatic carbocycles. The second-order valence-electron chi connectivity index (χ2n) is 3.87. The molecule has 0 spiro atoms. The van der Waals surface area contributed by atoms with Crippen molar-refractivity contribution >= 4 is 31.7 Å². The summed E-state index contributed by atoms with van der Waals surface area (Å²) >= 11 is 3.16. The Bertz CT molecular complexity index is 376. The van der Waals surface area contributed by atoms with Gasteiger partial charge < -0.3 is 5.11 Å². The molecule has 1 saturated heterocycles. The van der Waals surface area contributed by atoms with Crippen molar-refractivity contribution < 1.29 is 18.3 Å². The minimum Gasteiger partial charge on any atom is -0.480 e. The molecule has 16 heavy (non-hydrogen) atoms. The number of carbonyl (C=O) groups is 1. The summed E-state index contributed by atoms with van der Waals surface area (Å²) in [5, 5.41) is 8.75. The van der Waals surface area contributed by atoms with Crippen molar-refractivity contribution in [2.24, 2.45) is 0 Å². The molecule has 0 saturated carbocycles. The molecule has 5 nitrogen and oxygen atoms in total. The second-order valence-corrected chi connectivity index (χ2v) is 7.22. The quantitative estimate of drug-likeness (QED) is 0.799. The molecule has 0 bridgehead atoms. The van der Waals surface area contributed by atoms with E-state index in [1.54, 1.807) is 4.90 Å². The Balaban J connectivity index is 2.69. The molecular weight excluding hydrogens is 298 g/mol. The molecule has 7 heteroatoms. The maximum absolute atomic E-state index is 11.3. The zero-order valence-electron chi connectivity index (χ0n) is 8.73. The third-order valence-corrected chi connectivity index (χ3v) is 4.44. The van der Waals surface area contributed by atoms with Gasteiger partial charge in [0.05, 0.1) is 18.1 Å². The molecule has 1 unspecified atom stereocenters. The zero-order valence-corrected chi connectivity index (χ0v) is 11.1. The van der Waals surface area contributed by atoms with Gasteiger partial charge >= 0.3 is 5.97 Å². The average molecular weight is 312 g/mol. The zero-order chi connectivity index (χ0) is 12.3. The molecule has 1 atom stereocenters. The highest BCUT2D eigenvalue weighted by atomic mass is 79.9. The van der Waals surface area contributed by atoms with Gasteiger partial charge in [0.25, 0.3) is 0 Å². The van der Waals surface area contributed by atoms with Crippen LogP contribution in [-0.2, 0) is 14.6 Å². The van der Waals surface area contributed by atoms with Crippen LogP contribution in [0, 0.1) is 0 Å². The summed E-state index contributed by atoms with van der Waals surface area (Å²) in [6.07, 6.45) is 0.496. The Morgan fingerprint density at radius 2 is 2.12 bits per heavy atom. The molecule has 1 fully saturated rings. The fraction of sp³-hybridized carbons (Fsp3) is 0.667. The van der Waals surface area contributed by atoms with Crippen molar-refractivity contribution in [1.29, 1.82) is 0 Å². The fourth-order valence-corrected chi connectivity index (χ4v) is 3.86. The van der Waals surface area contributed by atoms with Crippen molar-refractivity contribution in [3.63, 3.8) is 0 Å². The van der Waals surface area contributed by atoms with Gasteiger partial charge in [-0.05, 0) is 6.42 Å². The van der Waals surface area contributed by atoms with Crippen molar-refractivity contribution in [2.45, 2.75) is 12.5 Å². The average Bonchev–Trinajstić information content (AvgIpc) is 2.43. The van der Waals surface area contributed by atoms with E-state index in [-0.39, 0.29) is 24.1 Å². The smallest absolute Gasteiger partial charge is 0.317 e. The number of hydrogen-bond acceptors (Lipinski definition) is 4. The van der Waals surface area contributed by atoms with Crippen molar-refractivity contribution in [3.8, 4) is 0 Å². The van der Waals surface area contributed by atoms with Gasteiger partial charge in [-0.2, -0.15) is 0 Å². The van der Waals surface area contributed by atoms with E-state index in [0.29, 0.717) is 17.4 Å². The van der Waals surface area contributed by atoms with Crippen molar-refractivity contribution in [3.05, 3.63) is 11.1 Å². The van der Waals surface area contributed by atoms with Gasteiger partial charge in [-0.15, -0.1) is 0 Å². The summed E-state index contributed by atoms with van der Waals surface area (Å²) in [6.45, 7) is 3.83. The molecule has 1 rings (SSSR count). The molecule has 1 N–H and O–H groups in total. The fourth-order valence-electron chi connectivity index (χ4n) is 1.77. The van der Waals surface area contributed by atoms with E-state index in [1.165, 1.54) is 0 Å². The second kappa shape index (κ2) is 5.29. The first-order chi connectivity index (χ1) is 7.30. The van der Waals surface area contributed by atoms with Gasteiger partial charge in [0, 0.05) is 17.1 Å². The van der Waals surface area contributed by atoms with Gasteiger partial charge in [-0.25, -0.2) is 8.42 Å². The molecular formula is C9H14BrNO4S. The number of nitrogens with zero attached hydrogens (tertiary/aromatic N) is 1. The molecule has 0 aromatic rings. The minimum absolute atomic E-state index is 0.0422. The van der Waals surface area contributed by atoms with Crippen LogP contribution in [-0.4, -0.2) is 55.0 Å². The maximum atomic E-state index is 11.3. The van der Waals surface area contributed by atoms with E-state index in [2.05, 4.69) is 22.5 Å². The van der Waals surface area contributed by atoms with Crippen LogP contribution >= 0.6 is 15.9 Å². The lowest BCUT2D eigenvalue weighted by atomic mass is 10.2. The first kappa shape index (κ1) is 13.7. The van der Waals surface area contributed by atoms with E-state index >= 15 is 0 Å². The summed E-state index contributed by atoms with van der Waals surface area (Å²) < 4.78 is 23.3. The highest BCUT2D eigenvalue weighted by Gasteiger charge is 2.32. The number of carboxylic acid groups (broad SMARTS) is 1. The van der Waals surface area contributed by atoms with Gasteiger partial charge in [0.2, 0.25) is 0 Å². The van der Waals surface area contributed by atoms with E-state index in [4.69, 9.17) is 5.11 Å². The molecule has 1 aliphatic rings. The Hall–Kier alpha value is -0.400. The SMILES string of the molecule is C=C(Br)CN(CC(=O)O)C1CCS(=O)(=O)C1. The summed E-state index contributed by atoms with van der Waals surface area (Å²) in [6, 6.07) is -0.213. The Labute approximate surface area is 103 Å². The van der Waals surface area contributed by atoms with Gasteiger partial charge in [0.15, 0.2) is 9.84 Å². The first-order valence-corrected chi connectivity index (χ1v) is 7.41. The Morgan fingerprint density at radius 3 is 2.50 bits per heavy atom. The Morgan fingerprint density at radius 1 is 1.50 bits per heavy atom. The van der Waals surface area contributed by atoms with Crippen LogP contribution in [0.15, 0.2) is 11.1 Å². The molecule has 0 aromatic carbocycles. The lowest BCUT2D eigenvalue weighted by Gasteiger charge is -2.25. The number of rotatable bonds is 5. The van der Waals surface area contributed by atoms with Crippen LogP contribution in [0.3, 0.4) is 0 Å². The Kier molecular flexibility index (Phi) is 4.52. The largest absolute Gasteiger partial charge is 0.480 e. The van der Waals surface area contributed by atoms with Crippen molar-refractivity contribution in [1.82, 2.24) is 4.90 Å². The van der Waals surface area contributed by atoms with Crippen LogP contribution in [0.4, 0.5) is 0 Å². The van der Waals surface area contributed by atoms with Gasteiger partial charge in [-0.3, -0.25) is 9.69 Å². The molecule has 0 radical (unpaired) electrons. The molecule has 92 valence electrons. The van der Waals surface area contributed by atoms with Crippen LogP contribution in [0.1, 0.15) is 6.42 Å². The van der Waals surface area contributed by atoms with E-state index in [1.807, 2.05) is 0 Å². The van der Waals surface area contributed by atoms with Gasteiger partial charge in [-0.1, -0.05) is 22.5 Å². The summed E-state index contributed by atoms with van der Waals surface area (Å²) in [7, 11) is -2.99. The third-order valence-electron chi connectivity index (χ3n) is 2.44. The topological polar surface area (TPSA) is 74.7 Å². The normalized spacial score (nSPS) is 23.5. The number of aliphatic carboxylic acids is 1. The lowest BCUT2D eigenvalue weighted by Crippen LogP contribution is -2.40. The third kappa shape index (κ3) is 4.23. The predicted molar refractivity (Wildman–Crippen MR) is 64.3 cm³/mol. The molecule has 0 aromatic heterocycles. The van der Waals surface area contributed by atoms with Crippen LogP contribution in [0.5, 0.6) is 0 Å². The summed E-state index contributed by atoms with van der Waals surface area (Å²) in [5.41, 5.74) is 0. The highest BCUT2D eigenvalue weighted by molar-refractivity contribution is 9.11. The standard InChI is InChI=1S/C9H14BrNO4S/c1-7(10)4-11(5-9(12)13)8-2-3-16(14,15)6-8/h8H,1-6H2,(H,12,13). The van der Waals surface area contributed by atoms with E-state index in [9.17, 15) is 13.2 Å². The van der Waals surface area contributed by atoms with E-state index < -0.39 is 15.8 Å². The number of halogens is 1. The number of hydrogen-bond donors (Lipinski definition) is 1.